The summed E-state index contributed by atoms with van der Waals surface area (Å²) >= 11 is 0.591. The Morgan fingerprint density at radius 3 is 2.35 bits per heavy atom. The molecule has 0 fully saturated rings. The maximum absolute atomic E-state index is 12.3. The molecule has 2 rings (SSSR count). The van der Waals surface area contributed by atoms with E-state index in [9.17, 15) is 21.6 Å². The Kier molecular flexibility index (Phi) is 3.75. The van der Waals surface area contributed by atoms with Gasteiger partial charge in [0.25, 0.3) is 5.88 Å². The first-order valence-corrected chi connectivity index (χ1v) is 7.39. The third kappa shape index (κ3) is 3.71. The third-order valence-corrected chi connectivity index (χ3v) is 3.52. The molecule has 0 saturated carbocycles. The molecule has 0 aromatic carbocycles. The van der Waals surface area contributed by atoms with Gasteiger partial charge >= 0.3 is 16.3 Å². The summed E-state index contributed by atoms with van der Waals surface area (Å²) in [5.41, 5.74) is 0.365. The van der Waals surface area contributed by atoms with Gasteiger partial charge in [0.1, 0.15) is 5.01 Å². The van der Waals surface area contributed by atoms with Crippen LogP contribution < -0.4 is 4.57 Å². The summed E-state index contributed by atoms with van der Waals surface area (Å²) in [6, 6.07) is 2.76. The van der Waals surface area contributed by atoms with Crippen molar-refractivity contribution in [3.05, 3.63) is 30.4 Å². The van der Waals surface area contributed by atoms with Gasteiger partial charge < -0.3 is 0 Å². The highest BCUT2D eigenvalue weighted by Crippen LogP contribution is 2.30. The molecule has 2 aromatic heterocycles. The summed E-state index contributed by atoms with van der Waals surface area (Å²) in [6.07, 6.45) is -2.00. The fourth-order valence-corrected chi connectivity index (χ4v) is 2.57. The van der Waals surface area contributed by atoms with E-state index in [1.807, 2.05) is 0 Å². The average Bonchev–Trinajstić information content (AvgIpc) is 2.76. The van der Waals surface area contributed by atoms with Crippen LogP contribution in [0.15, 0.2) is 24.5 Å². The van der Waals surface area contributed by atoms with Crippen molar-refractivity contribution in [1.82, 2.24) is 9.36 Å². The van der Waals surface area contributed by atoms with Crippen LogP contribution in [0.2, 0.25) is 0 Å². The van der Waals surface area contributed by atoms with Gasteiger partial charge in [-0.15, -0.1) is 0 Å². The second-order valence-corrected chi connectivity index (χ2v) is 5.91. The van der Waals surface area contributed by atoms with Crippen molar-refractivity contribution in [3.8, 4) is 10.6 Å². The minimum atomic E-state index is -4.60. The smallest absolute Gasteiger partial charge is 0.281 e. The maximum Gasteiger partial charge on any atom is 0.452 e. The molecule has 11 heteroatoms. The lowest BCUT2D eigenvalue weighted by Crippen LogP contribution is -2.36. The van der Waals surface area contributed by atoms with Crippen LogP contribution in [0.25, 0.3) is 10.6 Å². The third-order valence-electron chi connectivity index (χ3n) is 2.13. The molecule has 0 aliphatic carbocycles. The van der Waals surface area contributed by atoms with Crippen LogP contribution in [0.3, 0.4) is 0 Å². The summed E-state index contributed by atoms with van der Waals surface area (Å²) in [5.74, 6) is -1.86. The van der Waals surface area contributed by atoms with E-state index in [1.54, 1.807) is 0 Å². The Balaban J connectivity index is 2.24. The zero-order valence-electron chi connectivity index (χ0n) is 9.57. The second kappa shape index (κ2) is 5.07. The Bertz CT molecular complexity index is 710. The predicted molar refractivity (Wildman–Crippen MR) is 62.1 cm³/mol. The standard InChI is InChI=1S/C9H6F3N3O3S2/c10-9(11,12)8-13-7(19-14-8)6-1-3-15(4-2-6)5-20(16,17)18/h1-4H,5H2/p+1. The van der Waals surface area contributed by atoms with Gasteiger partial charge in [0, 0.05) is 17.7 Å². The maximum atomic E-state index is 12.3. The van der Waals surface area contributed by atoms with Crippen molar-refractivity contribution in [2.45, 2.75) is 12.1 Å². The quantitative estimate of drug-likeness (QED) is 0.680. The van der Waals surface area contributed by atoms with Gasteiger partial charge in [0.05, 0.1) is 0 Å². The molecule has 0 atom stereocenters. The number of hydrogen-bond donors (Lipinski definition) is 1. The van der Waals surface area contributed by atoms with E-state index < -0.39 is 28.0 Å². The fourth-order valence-electron chi connectivity index (χ4n) is 1.33. The molecular formula is C9H7F3N3O3S2+. The number of halogens is 3. The number of rotatable bonds is 3. The number of nitrogens with zero attached hydrogens (tertiary/aromatic N) is 3. The zero-order chi connectivity index (χ0) is 15.0. The Hall–Kier alpha value is -1.59. The normalized spacial score (nSPS) is 12.6. The predicted octanol–water partition coefficient (Wildman–Crippen LogP) is 1.36. The van der Waals surface area contributed by atoms with Crippen LogP contribution in [0.5, 0.6) is 0 Å². The van der Waals surface area contributed by atoms with Crippen LogP contribution >= 0.6 is 11.5 Å². The van der Waals surface area contributed by atoms with Crippen LogP contribution in [0.4, 0.5) is 13.2 Å². The highest BCUT2D eigenvalue weighted by Gasteiger charge is 2.36. The van der Waals surface area contributed by atoms with Crippen molar-refractivity contribution in [2.75, 3.05) is 0 Å². The fraction of sp³-hybridized carbons (Fsp3) is 0.222. The number of alkyl halides is 3. The molecule has 20 heavy (non-hydrogen) atoms. The first-order chi connectivity index (χ1) is 9.15. The lowest BCUT2D eigenvalue weighted by Gasteiger charge is -1.98. The number of hydrogen-bond acceptors (Lipinski definition) is 5. The van der Waals surface area contributed by atoms with E-state index in [1.165, 1.54) is 24.5 Å². The largest absolute Gasteiger partial charge is 0.452 e. The van der Waals surface area contributed by atoms with Crippen LogP contribution in [-0.2, 0) is 22.2 Å². The summed E-state index contributed by atoms with van der Waals surface area (Å²) < 4.78 is 71.4. The van der Waals surface area contributed by atoms with Gasteiger partial charge in [-0.05, 0) is 11.5 Å². The summed E-state index contributed by atoms with van der Waals surface area (Å²) in [6.45, 7) is 0. The van der Waals surface area contributed by atoms with Gasteiger partial charge in [0.2, 0.25) is 5.82 Å². The van der Waals surface area contributed by atoms with Crippen molar-refractivity contribution in [2.24, 2.45) is 0 Å². The molecule has 0 aliphatic rings. The first kappa shape index (κ1) is 14.8. The van der Waals surface area contributed by atoms with Gasteiger partial charge in [-0.25, -0.2) is 4.98 Å². The highest BCUT2D eigenvalue weighted by molar-refractivity contribution is 7.84. The lowest BCUT2D eigenvalue weighted by atomic mass is 10.3. The molecule has 0 radical (unpaired) electrons. The average molecular weight is 326 g/mol. The van der Waals surface area contributed by atoms with Gasteiger partial charge in [-0.2, -0.15) is 30.5 Å². The minimum absolute atomic E-state index is 0.0660. The van der Waals surface area contributed by atoms with Crippen LogP contribution in [0.1, 0.15) is 5.82 Å². The lowest BCUT2D eigenvalue weighted by molar-refractivity contribution is -0.678. The molecule has 0 saturated heterocycles. The molecule has 0 aliphatic heterocycles. The molecule has 0 spiro atoms. The molecular weight excluding hydrogens is 319 g/mol. The highest BCUT2D eigenvalue weighted by atomic mass is 32.2. The topological polar surface area (TPSA) is 84.0 Å². The number of pyridine rings is 1. The first-order valence-electron chi connectivity index (χ1n) is 5.01. The van der Waals surface area contributed by atoms with E-state index in [4.69, 9.17) is 4.55 Å². The molecule has 1 N–H and O–H groups in total. The van der Waals surface area contributed by atoms with Crippen molar-refractivity contribution in [1.29, 1.82) is 0 Å². The monoisotopic (exact) mass is 326 g/mol. The molecule has 0 amide bonds. The summed E-state index contributed by atoms with van der Waals surface area (Å²) in [5, 5.41) is 0.0660. The summed E-state index contributed by atoms with van der Waals surface area (Å²) in [7, 11) is -4.18. The zero-order valence-corrected chi connectivity index (χ0v) is 11.2. The Morgan fingerprint density at radius 1 is 1.30 bits per heavy atom. The Labute approximate surface area is 115 Å². The molecule has 0 unspecified atom stereocenters. The van der Waals surface area contributed by atoms with E-state index >= 15 is 0 Å². The Morgan fingerprint density at radius 2 is 1.90 bits per heavy atom. The van der Waals surface area contributed by atoms with Gasteiger partial charge in [-0.1, -0.05) is 0 Å². The minimum Gasteiger partial charge on any atom is -0.281 e. The summed E-state index contributed by atoms with van der Waals surface area (Å²) in [4.78, 5) is 3.36. The molecule has 2 aromatic rings. The van der Waals surface area contributed by atoms with Gasteiger partial charge in [0.15, 0.2) is 12.4 Å². The van der Waals surface area contributed by atoms with Crippen molar-refractivity contribution >= 4 is 21.7 Å². The van der Waals surface area contributed by atoms with E-state index in [0.29, 0.717) is 17.1 Å². The molecule has 108 valence electrons. The SMILES string of the molecule is O=S(=O)(O)C[n+]1ccc(-c2nc(C(F)(F)F)ns2)cc1. The molecule has 0 bridgehead atoms. The number of aromatic nitrogens is 3. The second-order valence-electron chi connectivity index (χ2n) is 3.73. The van der Waals surface area contributed by atoms with Gasteiger partial charge in [-0.3, -0.25) is 4.55 Å². The van der Waals surface area contributed by atoms with Crippen LogP contribution in [0, 0.1) is 0 Å². The van der Waals surface area contributed by atoms with E-state index in [-0.39, 0.29) is 5.01 Å². The van der Waals surface area contributed by atoms with E-state index in [0.717, 1.165) is 4.57 Å². The van der Waals surface area contributed by atoms with Crippen LogP contribution in [-0.4, -0.2) is 22.3 Å². The van der Waals surface area contributed by atoms with Crippen molar-refractivity contribution in [3.63, 3.8) is 0 Å². The molecule has 2 heterocycles. The molecule has 6 nitrogen and oxygen atoms in total. The van der Waals surface area contributed by atoms with Crippen molar-refractivity contribution < 1.29 is 30.7 Å². The van der Waals surface area contributed by atoms with E-state index in [2.05, 4.69) is 9.36 Å².